The molecule has 5 rings (SSSR count). The predicted molar refractivity (Wildman–Crippen MR) is 128 cm³/mol. The lowest BCUT2D eigenvalue weighted by atomic mass is 9.99. The van der Waals surface area contributed by atoms with Gasteiger partial charge in [-0.1, -0.05) is 6.92 Å². The molecule has 6 nitrogen and oxygen atoms in total. The summed E-state index contributed by atoms with van der Waals surface area (Å²) in [5.74, 6) is 1.82. The molecule has 2 aromatic carbocycles. The van der Waals surface area contributed by atoms with Crippen LogP contribution in [0, 0.1) is 11.7 Å². The summed E-state index contributed by atoms with van der Waals surface area (Å²) >= 11 is 0. The predicted octanol–water partition coefficient (Wildman–Crippen LogP) is 5.09. The Bertz CT molecular complexity index is 1300. The molecule has 2 aromatic heterocycles. The number of halogens is 1. The summed E-state index contributed by atoms with van der Waals surface area (Å²) in [7, 11) is 3.53. The average molecular weight is 452 g/mol. The highest BCUT2D eigenvalue weighted by Crippen LogP contribution is 2.39. The molecule has 0 aliphatic carbocycles. The molecule has 0 amide bonds. The van der Waals surface area contributed by atoms with E-state index in [0.29, 0.717) is 28.9 Å². The van der Waals surface area contributed by atoms with E-state index in [1.165, 1.54) is 25.0 Å². The minimum absolute atomic E-state index is 0.0692. The molecule has 0 unspecified atom stereocenters. The lowest BCUT2D eigenvalue weighted by molar-refractivity contribution is 0.158. The van der Waals surface area contributed by atoms with E-state index in [4.69, 9.17) is 9.47 Å². The van der Waals surface area contributed by atoms with Crippen LogP contribution in [0.1, 0.15) is 19.8 Å². The van der Waals surface area contributed by atoms with Crippen LogP contribution in [-0.2, 0) is 7.05 Å². The normalized spacial score (nSPS) is 15.5. The first-order chi connectivity index (χ1) is 16.0. The number of rotatable bonds is 6. The summed E-state index contributed by atoms with van der Waals surface area (Å²) in [6.45, 7) is 5.97. The Hall–Kier alpha value is -3.19. The van der Waals surface area contributed by atoms with Gasteiger partial charge in [0.25, 0.3) is 0 Å². The standard InChI is InChI=1S/C26H30FN3O3/c1-17-8-10-29(11-9-17)12-13-33-24-15-19(5-7-23(24)32-3)30-16-22-25(26(30)31)20-14-18(27)4-6-21(20)28(22)2/h4-7,14-17,31H,8-13H2,1-3H3. The molecule has 1 saturated heterocycles. The van der Waals surface area contributed by atoms with Crippen molar-refractivity contribution in [3.63, 3.8) is 0 Å². The Morgan fingerprint density at radius 3 is 2.61 bits per heavy atom. The van der Waals surface area contributed by atoms with Crippen molar-refractivity contribution in [2.24, 2.45) is 13.0 Å². The number of ether oxygens (including phenoxy) is 2. The summed E-state index contributed by atoms with van der Waals surface area (Å²) < 4.78 is 29.2. The number of fused-ring (bicyclic) bond motifs is 3. The number of piperidine rings is 1. The molecule has 1 fully saturated rings. The van der Waals surface area contributed by atoms with Gasteiger partial charge in [-0.15, -0.1) is 0 Å². The van der Waals surface area contributed by atoms with Crippen molar-refractivity contribution in [2.75, 3.05) is 33.4 Å². The zero-order chi connectivity index (χ0) is 23.1. The van der Waals surface area contributed by atoms with Crippen LogP contribution in [0.15, 0.2) is 42.6 Å². The van der Waals surface area contributed by atoms with Crippen LogP contribution < -0.4 is 9.47 Å². The van der Waals surface area contributed by atoms with E-state index in [-0.39, 0.29) is 11.7 Å². The highest BCUT2D eigenvalue weighted by Gasteiger charge is 2.20. The Kier molecular flexibility index (Phi) is 5.66. The van der Waals surface area contributed by atoms with E-state index in [0.717, 1.165) is 42.3 Å². The Labute approximate surface area is 192 Å². The van der Waals surface area contributed by atoms with Gasteiger partial charge >= 0.3 is 0 Å². The van der Waals surface area contributed by atoms with E-state index < -0.39 is 0 Å². The van der Waals surface area contributed by atoms with Crippen LogP contribution in [-0.4, -0.2) is 52.5 Å². The van der Waals surface area contributed by atoms with Crippen molar-refractivity contribution in [2.45, 2.75) is 19.8 Å². The van der Waals surface area contributed by atoms with Gasteiger partial charge in [0.05, 0.1) is 23.7 Å². The number of hydrogen-bond donors (Lipinski definition) is 1. The molecule has 1 aliphatic heterocycles. The molecule has 1 aliphatic rings. The van der Waals surface area contributed by atoms with Gasteiger partial charge in [-0.25, -0.2) is 4.39 Å². The smallest absolute Gasteiger partial charge is 0.206 e. The summed E-state index contributed by atoms with van der Waals surface area (Å²) in [4.78, 5) is 2.44. The molecular weight excluding hydrogens is 421 g/mol. The van der Waals surface area contributed by atoms with E-state index in [1.54, 1.807) is 17.7 Å². The van der Waals surface area contributed by atoms with Gasteiger partial charge in [-0.05, 0) is 62.2 Å². The summed E-state index contributed by atoms with van der Waals surface area (Å²) in [5.41, 5.74) is 2.44. The zero-order valence-electron chi connectivity index (χ0n) is 19.3. The number of nitrogens with zero attached hydrogens (tertiary/aromatic N) is 3. The van der Waals surface area contributed by atoms with Crippen molar-refractivity contribution < 1.29 is 19.0 Å². The SMILES string of the molecule is COc1ccc(-n2cc3c(c2O)c2cc(F)ccc2n3C)cc1OCCN1CCC(C)CC1. The van der Waals surface area contributed by atoms with Gasteiger partial charge in [-0.3, -0.25) is 9.47 Å². The maximum atomic E-state index is 13.9. The Morgan fingerprint density at radius 1 is 1.06 bits per heavy atom. The van der Waals surface area contributed by atoms with Gasteiger partial charge in [0, 0.05) is 36.8 Å². The molecular formula is C26H30FN3O3. The fourth-order valence-electron chi connectivity index (χ4n) is 4.82. The second-order valence-corrected chi connectivity index (χ2v) is 9.01. The molecule has 3 heterocycles. The van der Waals surface area contributed by atoms with Crippen molar-refractivity contribution >= 4 is 21.8 Å². The molecule has 0 radical (unpaired) electrons. The van der Waals surface area contributed by atoms with Gasteiger partial charge in [0.15, 0.2) is 11.5 Å². The molecule has 174 valence electrons. The third kappa shape index (κ3) is 3.91. The van der Waals surface area contributed by atoms with Gasteiger partial charge in [0.2, 0.25) is 5.88 Å². The Morgan fingerprint density at radius 2 is 1.85 bits per heavy atom. The van der Waals surface area contributed by atoms with Crippen LogP contribution in [0.3, 0.4) is 0 Å². The molecule has 1 N–H and O–H groups in total. The molecule has 7 heteroatoms. The van der Waals surface area contributed by atoms with Crippen LogP contribution >= 0.6 is 0 Å². The first-order valence-corrected chi connectivity index (χ1v) is 11.5. The Balaban J connectivity index is 1.44. The van der Waals surface area contributed by atoms with Crippen LogP contribution in [0.4, 0.5) is 4.39 Å². The first kappa shape index (κ1) is 21.6. The minimum atomic E-state index is -0.328. The number of hydrogen-bond acceptors (Lipinski definition) is 4. The van der Waals surface area contributed by atoms with Crippen LogP contribution in [0.2, 0.25) is 0 Å². The van der Waals surface area contributed by atoms with Crippen LogP contribution in [0.5, 0.6) is 17.4 Å². The second kappa shape index (κ2) is 8.63. The molecule has 0 spiro atoms. The first-order valence-electron chi connectivity index (χ1n) is 11.5. The highest BCUT2D eigenvalue weighted by molar-refractivity contribution is 6.11. The number of methoxy groups -OCH3 is 1. The van der Waals surface area contributed by atoms with Gasteiger partial charge in [-0.2, -0.15) is 0 Å². The lowest BCUT2D eigenvalue weighted by Gasteiger charge is -2.30. The molecule has 4 aromatic rings. The number of aromatic nitrogens is 2. The zero-order valence-corrected chi connectivity index (χ0v) is 19.3. The number of aromatic hydroxyl groups is 1. The maximum Gasteiger partial charge on any atom is 0.206 e. The fourth-order valence-corrected chi connectivity index (χ4v) is 4.82. The van der Waals surface area contributed by atoms with Crippen molar-refractivity contribution in [1.82, 2.24) is 14.0 Å². The van der Waals surface area contributed by atoms with Crippen LogP contribution in [0.25, 0.3) is 27.5 Å². The largest absolute Gasteiger partial charge is 0.494 e. The van der Waals surface area contributed by atoms with Crippen molar-refractivity contribution in [3.05, 3.63) is 48.4 Å². The lowest BCUT2D eigenvalue weighted by Crippen LogP contribution is -2.35. The van der Waals surface area contributed by atoms with Crippen molar-refractivity contribution in [3.8, 4) is 23.1 Å². The summed E-state index contributed by atoms with van der Waals surface area (Å²) in [6.07, 6.45) is 4.33. The summed E-state index contributed by atoms with van der Waals surface area (Å²) in [6, 6.07) is 10.2. The number of benzene rings is 2. The fraction of sp³-hybridized carbons (Fsp3) is 0.385. The molecule has 0 atom stereocenters. The number of aryl methyl sites for hydroxylation is 1. The summed E-state index contributed by atoms with van der Waals surface area (Å²) in [5, 5.41) is 12.4. The maximum absolute atomic E-state index is 13.9. The van der Waals surface area contributed by atoms with Crippen molar-refractivity contribution in [1.29, 1.82) is 0 Å². The average Bonchev–Trinajstić information content (AvgIpc) is 3.29. The van der Waals surface area contributed by atoms with E-state index >= 15 is 0 Å². The number of likely N-dealkylation sites (tertiary alicyclic amines) is 1. The molecule has 0 bridgehead atoms. The van der Waals surface area contributed by atoms with Gasteiger partial charge < -0.3 is 19.1 Å². The van der Waals surface area contributed by atoms with E-state index in [1.807, 2.05) is 36.0 Å². The quantitative estimate of drug-likeness (QED) is 0.444. The minimum Gasteiger partial charge on any atom is -0.494 e. The van der Waals surface area contributed by atoms with Gasteiger partial charge in [0.1, 0.15) is 12.4 Å². The topological polar surface area (TPSA) is 51.8 Å². The third-order valence-corrected chi connectivity index (χ3v) is 6.88. The molecule has 0 saturated carbocycles. The molecule has 33 heavy (non-hydrogen) atoms. The second-order valence-electron chi connectivity index (χ2n) is 9.01. The van der Waals surface area contributed by atoms with E-state index in [9.17, 15) is 9.50 Å². The monoisotopic (exact) mass is 451 g/mol. The third-order valence-electron chi connectivity index (χ3n) is 6.88. The highest BCUT2D eigenvalue weighted by atomic mass is 19.1. The van der Waals surface area contributed by atoms with E-state index in [2.05, 4.69) is 11.8 Å².